The number of H-pyrrole nitrogens is 1. The number of likely N-dealkylation sites (tertiary alicyclic amines) is 1. The summed E-state index contributed by atoms with van der Waals surface area (Å²) >= 11 is 0. The molecular weight excluding hydrogens is 270 g/mol. The van der Waals surface area contributed by atoms with E-state index in [9.17, 15) is 9.59 Å². The number of hydrogen-bond donors (Lipinski definition) is 1. The number of amides is 2. The maximum atomic E-state index is 12.4. The fraction of sp³-hybridized carbons (Fsp3) is 0.714. The molecule has 0 aromatic carbocycles. The van der Waals surface area contributed by atoms with E-state index >= 15 is 0 Å². The third kappa shape index (κ3) is 3.80. The van der Waals surface area contributed by atoms with Gasteiger partial charge in [0.1, 0.15) is 5.82 Å². The summed E-state index contributed by atoms with van der Waals surface area (Å²) in [5, 5.41) is 6.78. The molecule has 0 spiro atoms. The summed E-state index contributed by atoms with van der Waals surface area (Å²) in [4.78, 5) is 31.9. The first-order valence-corrected chi connectivity index (χ1v) is 7.27. The molecule has 1 atom stereocenters. The van der Waals surface area contributed by atoms with Gasteiger partial charge in [0.15, 0.2) is 5.82 Å². The lowest BCUT2D eigenvalue weighted by atomic mass is 10.1. The molecule has 7 heteroatoms. The van der Waals surface area contributed by atoms with Crippen molar-refractivity contribution in [3.05, 3.63) is 11.6 Å². The number of rotatable bonds is 5. The van der Waals surface area contributed by atoms with Crippen LogP contribution in [-0.4, -0.2) is 56.9 Å². The molecule has 1 unspecified atom stereocenters. The Morgan fingerprint density at radius 1 is 1.52 bits per heavy atom. The van der Waals surface area contributed by atoms with Crippen molar-refractivity contribution in [3.8, 4) is 0 Å². The Bertz CT molecular complexity index is 525. The summed E-state index contributed by atoms with van der Waals surface area (Å²) < 4.78 is 0. The van der Waals surface area contributed by atoms with Crippen LogP contribution in [0.15, 0.2) is 0 Å². The second-order valence-electron chi connectivity index (χ2n) is 6.12. The second-order valence-corrected chi connectivity index (χ2v) is 6.12. The van der Waals surface area contributed by atoms with E-state index < -0.39 is 0 Å². The van der Waals surface area contributed by atoms with Gasteiger partial charge in [0, 0.05) is 26.6 Å². The Morgan fingerprint density at radius 2 is 2.24 bits per heavy atom. The van der Waals surface area contributed by atoms with Crippen LogP contribution >= 0.6 is 0 Å². The van der Waals surface area contributed by atoms with Gasteiger partial charge < -0.3 is 9.80 Å². The van der Waals surface area contributed by atoms with Gasteiger partial charge in [0.25, 0.3) is 0 Å². The molecule has 1 aliphatic rings. The lowest BCUT2D eigenvalue weighted by Crippen LogP contribution is -2.35. The zero-order valence-corrected chi connectivity index (χ0v) is 13.1. The quantitative estimate of drug-likeness (QED) is 0.860. The molecule has 0 bridgehead atoms. The van der Waals surface area contributed by atoms with Crippen LogP contribution in [0.2, 0.25) is 0 Å². The summed E-state index contributed by atoms with van der Waals surface area (Å²) in [7, 11) is 1.73. The van der Waals surface area contributed by atoms with Crippen molar-refractivity contribution < 1.29 is 9.59 Å². The summed E-state index contributed by atoms with van der Waals surface area (Å²) in [6.07, 6.45) is 0.308. The van der Waals surface area contributed by atoms with Crippen LogP contribution in [0.5, 0.6) is 0 Å². The van der Waals surface area contributed by atoms with Crippen molar-refractivity contribution >= 4 is 11.8 Å². The lowest BCUT2D eigenvalue weighted by molar-refractivity contribution is -0.135. The molecule has 1 N–H and O–H groups in total. The fourth-order valence-electron chi connectivity index (χ4n) is 2.62. The molecule has 1 saturated heterocycles. The van der Waals surface area contributed by atoms with E-state index in [0.29, 0.717) is 37.8 Å². The van der Waals surface area contributed by atoms with Crippen LogP contribution in [0.3, 0.4) is 0 Å². The predicted octanol–water partition coefficient (Wildman–Crippen LogP) is 0.576. The van der Waals surface area contributed by atoms with Gasteiger partial charge in [-0.3, -0.25) is 14.7 Å². The molecule has 2 heterocycles. The number of carbonyl (C=O) groups is 2. The van der Waals surface area contributed by atoms with E-state index in [2.05, 4.69) is 29.0 Å². The molecule has 2 rings (SSSR count). The molecule has 1 fully saturated rings. The molecule has 0 radical (unpaired) electrons. The number of carbonyl (C=O) groups excluding carboxylic acids is 2. The van der Waals surface area contributed by atoms with Gasteiger partial charge in [-0.05, 0) is 12.8 Å². The highest BCUT2D eigenvalue weighted by molar-refractivity contribution is 5.89. The smallest absolute Gasteiger partial charge is 0.228 e. The fourth-order valence-corrected chi connectivity index (χ4v) is 2.62. The molecule has 1 aromatic rings. The van der Waals surface area contributed by atoms with E-state index in [4.69, 9.17) is 0 Å². The minimum atomic E-state index is -0.249. The summed E-state index contributed by atoms with van der Waals surface area (Å²) in [5.74, 6) is 1.54. The molecule has 7 nitrogen and oxygen atoms in total. The Labute approximate surface area is 124 Å². The van der Waals surface area contributed by atoms with Gasteiger partial charge in [0.05, 0.1) is 12.5 Å². The van der Waals surface area contributed by atoms with Gasteiger partial charge >= 0.3 is 0 Å². The summed E-state index contributed by atoms with van der Waals surface area (Å²) in [6, 6.07) is 0. The molecule has 116 valence electrons. The average Bonchev–Trinajstić information content (AvgIpc) is 2.95. The maximum absolute atomic E-state index is 12.4. The highest BCUT2D eigenvalue weighted by atomic mass is 16.2. The van der Waals surface area contributed by atoms with Crippen molar-refractivity contribution in [2.75, 3.05) is 20.1 Å². The van der Waals surface area contributed by atoms with Gasteiger partial charge in [-0.25, -0.2) is 4.98 Å². The monoisotopic (exact) mass is 293 g/mol. The largest absolute Gasteiger partial charge is 0.342 e. The van der Waals surface area contributed by atoms with E-state index in [-0.39, 0.29) is 17.7 Å². The third-order valence-corrected chi connectivity index (χ3v) is 3.55. The Balaban J connectivity index is 1.92. The number of aromatic nitrogens is 3. The number of nitrogens with zero attached hydrogens (tertiary/aromatic N) is 4. The van der Waals surface area contributed by atoms with Crippen molar-refractivity contribution in [3.63, 3.8) is 0 Å². The van der Waals surface area contributed by atoms with Crippen molar-refractivity contribution in [1.29, 1.82) is 0 Å². The third-order valence-electron chi connectivity index (χ3n) is 3.55. The predicted molar refractivity (Wildman–Crippen MR) is 77.1 cm³/mol. The van der Waals surface area contributed by atoms with Crippen LogP contribution in [0, 0.1) is 18.8 Å². The molecule has 0 saturated carbocycles. The van der Waals surface area contributed by atoms with Gasteiger partial charge in [0.2, 0.25) is 11.8 Å². The first-order valence-electron chi connectivity index (χ1n) is 7.27. The SMILES string of the molecule is Cc1nc(CN(C)C(=O)C2CC(=O)N(CC(C)C)C2)n[nH]1. The van der Waals surface area contributed by atoms with Crippen LogP contribution in [-0.2, 0) is 16.1 Å². The average molecular weight is 293 g/mol. The highest BCUT2D eigenvalue weighted by Gasteiger charge is 2.35. The summed E-state index contributed by atoms with van der Waals surface area (Å²) in [5.41, 5.74) is 0. The van der Waals surface area contributed by atoms with Crippen LogP contribution < -0.4 is 0 Å². The van der Waals surface area contributed by atoms with Crippen molar-refractivity contribution in [2.45, 2.75) is 33.7 Å². The van der Waals surface area contributed by atoms with Crippen molar-refractivity contribution in [1.82, 2.24) is 25.0 Å². The lowest BCUT2D eigenvalue weighted by Gasteiger charge is -2.21. The highest BCUT2D eigenvalue weighted by Crippen LogP contribution is 2.21. The number of hydrogen-bond acceptors (Lipinski definition) is 4. The van der Waals surface area contributed by atoms with E-state index in [1.54, 1.807) is 16.8 Å². The Morgan fingerprint density at radius 3 is 2.81 bits per heavy atom. The second kappa shape index (κ2) is 6.24. The molecular formula is C14H23N5O2. The number of aromatic amines is 1. The minimum absolute atomic E-state index is 0.0166. The number of nitrogens with one attached hydrogen (secondary N) is 1. The maximum Gasteiger partial charge on any atom is 0.228 e. The number of aryl methyl sites for hydroxylation is 1. The molecule has 1 aromatic heterocycles. The molecule has 0 aliphatic carbocycles. The standard InChI is InChI=1S/C14H23N5O2/c1-9(2)6-19-7-11(5-13(19)20)14(21)18(4)8-12-15-10(3)16-17-12/h9,11H,5-8H2,1-4H3,(H,15,16,17). The van der Waals surface area contributed by atoms with Gasteiger partial charge in [-0.1, -0.05) is 13.8 Å². The van der Waals surface area contributed by atoms with Crippen molar-refractivity contribution in [2.24, 2.45) is 11.8 Å². The van der Waals surface area contributed by atoms with E-state index in [1.807, 2.05) is 6.92 Å². The minimum Gasteiger partial charge on any atom is -0.342 e. The first-order chi connectivity index (χ1) is 9.86. The van der Waals surface area contributed by atoms with Crippen LogP contribution in [0.25, 0.3) is 0 Å². The Kier molecular flexibility index (Phi) is 4.59. The molecule has 2 amide bonds. The molecule has 21 heavy (non-hydrogen) atoms. The van der Waals surface area contributed by atoms with Crippen LogP contribution in [0.4, 0.5) is 0 Å². The van der Waals surface area contributed by atoms with Gasteiger partial charge in [-0.2, -0.15) is 5.10 Å². The van der Waals surface area contributed by atoms with E-state index in [0.717, 1.165) is 5.82 Å². The topological polar surface area (TPSA) is 82.2 Å². The Hall–Kier alpha value is -1.92. The molecule has 1 aliphatic heterocycles. The zero-order chi connectivity index (χ0) is 15.6. The van der Waals surface area contributed by atoms with E-state index in [1.165, 1.54) is 0 Å². The zero-order valence-electron chi connectivity index (χ0n) is 13.1. The normalized spacial score (nSPS) is 18.6. The van der Waals surface area contributed by atoms with Crippen LogP contribution in [0.1, 0.15) is 31.9 Å². The first kappa shape index (κ1) is 15.5. The summed E-state index contributed by atoms with van der Waals surface area (Å²) in [6.45, 7) is 7.55. The van der Waals surface area contributed by atoms with Gasteiger partial charge in [-0.15, -0.1) is 0 Å².